The monoisotopic (exact) mass is 189 g/mol. The third kappa shape index (κ3) is 2.63. The SMILES string of the molecule is CN(C)C(CCCl)C1CCCC1. The molecular formula is C10H20ClN. The van der Waals surface area contributed by atoms with Gasteiger partial charge in [0.25, 0.3) is 0 Å². The van der Waals surface area contributed by atoms with E-state index in [4.69, 9.17) is 11.6 Å². The molecule has 72 valence electrons. The zero-order chi connectivity index (χ0) is 8.97. The van der Waals surface area contributed by atoms with Crippen LogP contribution in [0, 0.1) is 5.92 Å². The van der Waals surface area contributed by atoms with Crippen molar-refractivity contribution in [3.8, 4) is 0 Å². The number of rotatable bonds is 4. The molecule has 1 saturated carbocycles. The van der Waals surface area contributed by atoms with E-state index in [1.54, 1.807) is 0 Å². The van der Waals surface area contributed by atoms with Crippen LogP contribution < -0.4 is 0 Å². The number of hydrogen-bond donors (Lipinski definition) is 0. The van der Waals surface area contributed by atoms with E-state index in [-0.39, 0.29) is 0 Å². The fourth-order valence-electron chi connectivity index (χ4n) is 2.37. The Balaban J connectivity index is 2.40. The van der Waals surface area contributed by atoms with Crippen LogP contribution in [0.3, 0.4) is 0 Å². The molecule has 1 atom stereocenters. The van der Waals surface area contributed by atoms with E-state index in [1.165, 1.54) is 25.7 Å². The summed E-state index contributed by atoms with van der Waals surface area (Å²) < 4.78 is 0. The van der Waals surface area contributed by atoms with Gasteiger partial charge in [-0.15, -0.1) is 11.6 Å². The number of halogens is 1. The van der Waals surface area contributed by atoms with E-state index in [1.807, 2.05) is 0 Å². The van der Waals surface area contributed by atoms with Gasteiger partial charge in [-0.05, 0) is 39.3 Å². The van der Waals surface area contributed by atoms with E-state index in [0.717, 1.165) is 24.3 Å². The first kappa shape index (κ1) is 10.3. The van der Waals surface area contributed by atoms with Crippen LogP contribution in [0.5, 0.6) is 0 Å². The lowest BCUT2D eigenvalue weighted by Gasteiger charge is -2.29. The van der Waals surface area contributed by atoms with Crippen molar-refractivity contribution < 1.29 is 0 Å². The zero-order valence-corrected chi connectivity index (χ0v) is 8.98. The van der Waals surface area contributed by atoms with Crippen LogP contribution in [0.2, 0.25) is 0 Å². The number of hydrogen-bond acceptors (Lipinski definition) is 1. The van der Waals surface area contributed by atoms with Crippen LogP contribution in [0.25, 0.3) is 0 Å². The normalized spacial score (nSPS) is 22.0. The zero-order valence-electron chi connectivity index (χ0n) is 8.22. The lowest BCUT2D eigenvalue weighted by molar-refractivity contribution is 0.206. The van der Waals surface area contributed by atoms with E-state index in [9.17, 15) is 0 Å². The van der Waals surface area contributed by atoms with Crippen molar-refractivity contribution in [1.29, 1.82) is 0 Å². The Morgan fingerprint density at radius 3 is 2.33 bits per heavy atom. The summed E-state index contributed by atoms with van der Waals surface area (Å²) in [5.74, 6) is 1.72. The summed E-state index contributed by atoms with van der Waals surface area (Å²) >= 11 is 5.79. The van der Waals surface area contributed by atoms with Gasteiger partial charge in [-0.3, -0.25) is 0 Å². The van der Waals surface area contributed by atoms with Crippen molar-refractivity contribution in [3.05, 3.63) is 0 Å². The minimum Gasteiger partial charge on any atom is -0.306 e. The van der Waals surface area contributed by atoms with Crippen molar-refractivity contribution in [3.63, 3.8) is 0 Å². The number of nitrogens with zero attached hydrogens (tertiary/aromatic N) is 1. The predicted octanol–water partition coefficient (Wildman–Crippen LogP) is 2.74. The summed E-state index contributed by atoms with van der Waals surface area (Å²) in [6.07, 6.45) is 6.84. The molecule has 0 aromatic rings. The minimum absolute atomic E-state index is 0.727. The maximum Gasteiger partial charge on any atom is 0.0238 e. The maximum atomic E-state index is 5.79. The van der Waals surface area contributed by atoms with E-state index in [2.05, 4.69) is 19.0 Å². The maximum absolute atomic E-state index is 5.79. The van der Waals surface area contributed by atoms with Crippen LogP contribution in [0.4, 0.5) is 0 Å². The fourth-order valence-corrected chi connectivity index (χ4v) is 2.59. The molecule has 0 spiro atoms. The minimum atomic E-state index is 0.727. The highest BCUT2D eigenvalue weighted by atomic mass is 35.5. The van der Waals surface area contributed by atoms with Gasteiger partial charge in [0.15, 0.2) is 0 Å². The summed E-state index contributed by atoms with van der Waals surface area (Å²) in [5.41, 5.74) is 0. The molecule has 12 heavy (non-hydrogen) atoms. The Morgan fingerprint density at radius 1 is 1.33 bits per heavy atom. The van der Waals surface area contributed by atoms with Gasteiger partial charge < -0.3 is 4.90 Å². The van der Waals surface area contributed by atoms with Gasteiger partial charge in [0.2, 0.25) is 0 Å². The molecular weight excluding hydrogens is 170 g/mol. The molecule has 0 heterocycles. The Morgan fingerprint density at radius 2 is 1.92 bits per heavy atom. The molecule has 0 N–H and O–H groups in total. The van der Waals surface area contributed by atoms with Crippen molar-refractivity contribution in [1.82, 2.24) is 4.90 Å². The number of alkyl halides is 1. The third-order valence-corrected chi connectivity index (χ3v) is 3.23. The highest BCUT2D eigenvalue weighted by molar-refractivity contribution is 6.17. The molecule has 1 aliphatic rings. The van der Waals surface area contributed by atoms with Crippen molar-refractivity contribution >= 4 is 11.6 Å². The molecule has 1 rings (SSSR count). The van der Waals surface area contributed by atoms with Crippen molar-refractivity contribution in [2.75, 3.05) is 20.0 Å². The van der Waals surface area contributed by atoms with Gasteiger partial charge in [0, 0.05) is 11.9 Å². The van der Waals surface area contributed by atoms with Crippen LogP contribution in [0.1, 0.15) is 32.1 Å². The molecule has 0 aromatic carbocycles. The van der Waals surface area contributed by atoms with E-state index in [0.29, 0.717) is 0 Å². The van der Waals surface area contributed by atoms with Crippen molar-refractivity contribution in [2.45, 2.75) is 38.1 Å². The average Bonchev–Trinajstić information content (AvgIpc) is 2.51. The lowest BCUT2D eigenvalue weighted by atomic mass is 9.95. The third-order valence-electron chi connectivity index (χ3n) is 3.01. The Hall–Kier alpha value is 0.250. The molecule has 1 fully saturated rings. The molecule has 2 heteroatoms. The van der Waals surface area contributed by atoms with E-state index < -0.39 is 0 Å². The second kappa shape index (κ2) is 5.08. The molecule has 1 unspecified atom stereocenters. The molecule has 0 amide bonds. The molecule has 0 saturated heterocycles. The quantitative estimate of drug-likeness (QED) is 0.615. The fraction of sp³-hybridized carbons (Fsp3) is 1.00. The Kier molecular flexibility index (Phi) is 4.38. The Bertz CT molecular complexity index is 119. The highest BCUT2D eigenvalue weighted by Gasteiger charge is 2.25. The summed E-state index contributed by atoms with van der Waals surface area (Å²) in [6.45, 7) is 0. The van der Waals surface area contributed by atoms with Crippen LogP contribution in [-0.4, -0.2) is 30.9 Å². The second-order valence-electron chi connectivity index (χ2n) is 4.05. The predicted molar refractivity (Wildman–Crippen MR) is 54.8 cm³/mol. The molecule has 1 nitrogen and oxygen atoms in total. The van der Waals surface area contributed by atoms with E-state index >= 15 is 0 Å². The summed E-state index contributed by atoms with van der Waals surface area (Å²) in [6, 6.07) is 0.727. The topological polar surface area (TPSA) is 3.24 Å². The molecule has 0 radical (unpaired) electrons. The molecule has 0 bridgehead atoms. The van der Waals surface area contributed by atoms with Gasteiger partial charge in [0.05, 0.1) is 0 Å². The summed E-state index contributed by atoms with van der Waals surface area (Å²) in [5, 5.41) is 0. The first-order valence-electron chi connectivity index (χ1n) is 4.98. The Labute approximate surface area is 81.1 Å². The van der Waals surface area contributed by atoms with Gasteiger partial charge in [-0.2, -0.15) is 0 Å². The second-order valence-corrected chi connectivity index (χ2v) is 4.43. The molecule has 1 aliphatic carbocycles. The van der Waals surface area contributed by atoms with Crippen molar-refractivity contribution in [2.24, 2.45) is 5.92 Å². The first-order chi connectivity index (χ1) is 5.75. The summed E-state index contributed by atoms with van der Waals surface area (Å²) in [7, 11) is 4.35. The highest BCUT2D eigenvalue weighted by Crippen LogP contribution is 2.31. The van der Waals surface area contributed by atoms with Gasteiger partial charge in [-0.1, -0.05) is 12.8 Å². The average molecular weight is 190 g/mol. The van der Waals surface area contributed by atoms with Crippen LogP contribution in [0.15, 0.2) is 0 Å². The molecule has 0 aromatic heterocycles. The standard InChI is InChI=1S/C10H20ClN/c1-12(2)10(7-8-11)9-5-3-4-6-9/h9-10H,3-8H2,1-2H3. The van der Waals surface area contributed by atoms with Gasteiger partial charge in [-0.25, -0.2) is 0 Å². The van der Waals surface area contributed by atoms with Crippen LogP contribution in [-0.2, 0) is 0 Å². The largest absolute Gasteiger partial charge is 0.306 e. The van der Waals surface area contributed by atoms with Crippen LogP contribution >= 0.6 is 11.6 Å². The van der Waals surface area contributed by atoms with Gasteiger partial charge in [0.1, 0.15) is 0 Å². The smallest absolute Gasteiger partial charge is 0.0238 e. The molecule has 0 aliphatic heterocycles. The summed E-state index contributed by atoms with van der Waals surface area (Å²) in [4.78, 5) is 2.35. The lowest BCUT2D eigenvalue weighted by Crippen LogP contribution is -2.34. The van der Waals surface area contributed by atoms with Gasteiger partial charge >= 0.3 is 0 Å². The first-order valence-corrected chi connectivity index (χ1v) is 5.51.